The van der Waals surface area contributed by atoms with Crippen molar-refractivity contribution in [3.8, 4) is 11.1 Å². The molecule has 0 saturated carbocycles. The zero-order valence-corrected chi connectivity index (χ0v) is 15.1. The summed E-state index contributed by atoms with van der Waals surface area (Å²) in [5.74, 6) is 0.218. The van der Waals surface area contributed by atoms with Crippen LogP contribution in [0.4, 0.5) is 5.69 Å². The van der Waals surface area contributed by atoms with Gasteiger partial charge in [0.1, 0.15) is 0 Å². The highest BCUT2D eigenvalue weighted by atomic mass is 35.5. The Labute approximate surface area is 158 Å². The third kappa shape index (κ3) is 3.49. The average Bonchev–Trinajstić information content (AvgIpc) is 3.03. The molecule has 1 unspecified atom stereocenters. The number of carbonyl (C=O) groups is 1. The first-order valence-corrected chi connectivity index (χ1v) is 9.15. The van der Waals surface area contributed by atoms with E-state index < -0.39 is 0 Å². The molecule has 0 aliphatic carbocycles. The van der Waals surface area contributed by atoms with Crippen molar-refractivity contribution in [3.05, 3.63) is 83.6 Å². The average molecular weight is 363 g/mol. The summed E-state index contributed by atoms with van der Waals surface area (Å²) in [6, 6.07) is 19.9. The fourth-order valence-corrected chi connectivity index (χ4v) is 3.72. The van der Waals surface area contributed by atoms with Crippen LogP contribution in [0.1, 0.15) is 12.0 Å². The van der Waals surface area contributed by atoms with E-state index in [4.69, 9.17) is 11.6 Å². The SMILES string of the molecule is O=C1C(Cc2cccc(Cl)c2)CCN1c1ccc(-c2ccncc2)cc1. The Kier molecular flexibility index (Phi) is 4.72. The second kappa shape index (κ2) is 7.30. The van der Waals surface area contributed by atoms with E-state index in [2.05, 4.69) is 17.1 Å². The summed E-state index contributed by atoms with van der Waals surface area (Å²) in [5, 5.41) is 0.719. The van der Waals surface area contributed by atoms with Crippen LogP contribution in [0.2, 0.25) is 5.02 Å². The lowest BCUT2D eigenvalue weighted by atomic mass is 9.98. The van der Waals surface area contributed by atoms with Crippen LogP contribution in [0.25, 0.3) is 11.1 Å². The van der Waals surface area contributed by atoms with E-state index in [1.54, 1.807) is 12.4 Å². The Morgan fingerprint density at radius 1 is 1.00 bits per heavy atom. The maximum Gasteiger partial charge on any atom is 0.230 e. The summed E-state index contributed by atoms with van der Waals surface area (Å²) >= 11 is 6.06. The summed E-state index contributed by atoms with van der Waals surface area (Å²) in [6.45, 7) is 0.763. The van der Waals surface area contributed by atoms with Gasteiger partial charge in [-0.25, -0.2) is 0 Å². The monoisotopic (exact) mass is 362 g/mol. The molecule has 0 N–H and O–H groups in total. The molecule has 3 nitrogen and oxygen atoms in total. The lowest BCUT2D eigenvalue weighted by molar-refractivity contribution is -0.120. The summed E-state index contributed by atoms with van der Waals surface area (Å²) in [5.41, 5.74) is 4.32. The van der Waals surface area contributed by atoms with Crippen molar-refractivity contribution >= 4 is 23.2 Å². The smallest absolute Gasteiger partial charge is 0.230 e. The Balaban J connectivity index is 1.48. The predicted molar refractivity (Wildman–Crippen MR) is 105 cm³/mol. The van der Waals surface area contributed by atoms with Gasteiger partial charge in [0.15, 0.2) is 0 Å². The number of nitrogens with zero attached hydrogens (tertiary/aromatic N) is 2. The minimum Gasteiger partial charge on any atom is -0.312 e. The van der Waals surface area contributed by atoms with Crippen molar-refractivity contribution in [2.75, 3.05) is 11.4 Å². The molecular formula is C22H19ClN2O. The zero-order chi connectivity index (χ0) is 17.9. The maximum absolute atomic E-state index is 12.8. The van der Waals surface area contributed by atoms with Crippen LogP contribution in [0, 0.1) is 5.92 Å². The Morgan fingerprint density at radius 3 is 2.46 bits per heavy atom. The summed E-state index contributed by atoms with van der Waals surface area (Å²) in [7, 11) is 0. The van der Waals surface area contributed by atoms with Gasteiger partial charge in [0.2, 0.25) is 5.91 Å². The molecule has 1 fully saturated rings. The van der Waals surface area contributed by atoms with E-state index in [1.165, 1.54) is 0 Å². The van der Waals surface area contributed by atoms with Crippen molar-refractivity contribution in [2.45, 2.75) is 12.8 Å². The van der Waals surface area contributed by atoms with E-state index in [9.17, 15) is 4.79 Å². The van der Waals surface area contributed by atoms with E-state index >= 15 is 0 Å². The van der Waals surface area contributed by atoms with Crippen molar-refractivity contribution in [1.29, 1.82) is 0 Å². The molecule has 1 atom stereocenters. The molecule has 1 amide bonds. The molecule has 1 aromatic heterocycles. The number of rotatable bonds is 4. The number of amides is 1. The lowest BCUT2D eigenvalue weighted by Gasteiger charge is -2.17. The van der Waals surface area contributed by atoms with Gasteiger partial charge in [-0.3, -0.25) is 9.78 Å². The minimum absolute atomic E-state index is 0.0216. The van der Waals surface area contributed by atoms with Gasteiger partial charge in [0, 0.05) is 35.6 Å². The number of anilines is 1. The molecule has 0 spiro atoms. The predicted octanol–water partition coefficient (Wildman–Crippen LogP) is 5.00. The van der Waals surface area contributed by atoms with E-state index in [1.807, 2.05) is 53.4 Å². The van der Waals surface area contributed by atoms with Gasteiger partial charge >= 0.3 is 0 Å². The van der Waals surface area contributed by atoms with Gasteiger partial charge in [-0.1, -0.05) is 35.9 Å². The zero-order valence-electron chi connectivity index (χ0n) is 14.3. The summed E-state index contributed by atoms with van der Waals surface area (Å²) in [6.07, 6.45) is 5.18. The number of pyridine rings is 1. The molecule has 1 saturated heterocycles. The van der Waals surface area contributed by atoms with Crippen LogP contribution in [0.3, 0.4) is 0 Å². The second-order valence-corrected chi connectivity index (χ2v) is 7.03. The van der Waals surface area contributed by atoms with Gasteiger partial charge in [0.25, 0.3) is 0 Å². The fourth-order valence-electron chi connectivity index (χ4n) is 3.51. The first-order valence-electron chi connectivity index (χ1n) is 8.77. The second-order valence-electron chi connectivity index (χ2n) is 6.59. The van der Waals surface area contributed by atoms with Gasteiger partial charge in [-0.2, -0.15) is 0 Å². The molecule has 2 aromatic carbocycles. The van der Waals surface area contributed by atoms with Crippen molar-refractivity contribution in [1.82, 2.24) is 4.98 Å². The van der Waals surface area contributed by atoms with Gasteiger partial charge in [-0.05, 0) is 65.9 Å². The largest absolute Gasteiger partial charge is 0.312 e. The van der Waals surface area contributed by atoms with Gasteiger partial charge in [0.05, 0.1) is 0 Å². The molecule has 1 aliphatic rings. The molecule has 2 heterocycles. The molecule has 0 radical (unpaired) electrons. The Morgan fingerprint density at radius 2 is 1.73 bits per heavy atom. The molecule has 130 valence electrons. The Bertz CT molecular complexity index is 909. The Hall–Kier alpha value is -2.65. The van der Waals surface area contributed by atoms with Gasteiger partial charge < -0.3 is 4.90 Å². The van der Waals surface area contributed by atoms with Crippen LogP contribution < -0.4 is 4.90 Å². The van der Waals surface area contributed by atoms with Crippen molar-refractivity contribution in [3.63, 3.8) is 0 Å². The number of carbonyl (C=O) groups excluding carboxylic acids is 1. The summed E-state index contributed by atoms with van der Waals surface area (Å²) < 4.78 is 0. The fraction of sp³-hybridized carbons (Fsp3) is 0.182. The van der Waals surface area contributed by atoms with Crippen LogP contribution in [0.15, 0.2) is 73.1 Å². The van der Waals surface area contributed by atoms with Gasteiger partial charge in [-0.15, -0.1) is 0 Å². The molecule has 4 rings (SSSR count). The van der Waals surface area contributed by atoms with Crippen molar-refractivity contribution < 1.29 is 4.79 Å². The highest BCUT2D eigenvalue weighted by molar-refractivity contribution is 6.30. The standard InChI is InChI=1S/C22H19ClN2O/c23-20-3-1-2-16(15-20)14-19-10-13-25(22(19)26)21-6-4-17(5-7-21)18-8-11-24-12-9-18/h1-9,11-12,15,19H,10,13-14H2. The van der Waals surface area contributed by atoms with Crippen LogP contribution in [0.5, 0.6) is 0 Å². The first-order chi connectivity index (χ1) is 12.7. The third-order valence-corrected chi connectivity index (χ3v) is 5.12. The van der Waals surface area contributed by atoms with Crippen LogP contribution >= 0.6 is 11.6 Å². The molecule has 26 heavy (non-hydrogen) atoms. The van der Waals surface area contributed by atoms with Crippen LogP contribution in [-0.4, -0.2) is 17.4 Å². The maximum atomic E-state index is 12.8. The number of hydrogen-bond donors (Lipinski definition) is 0. The molecule has 1 aliphatic heterocycles. The quantitative estimate of drug-likeness (QED) is 0.654. The number of aromatic nitrogens is 1. The lowest BCUT2D eigenvalue weighted by Crippen LogP contribution is -2.27. The number of benzene rings is 2. The minimum atomic E-state index is 0.0216. The first kappa shape index (κ1) is 16.8. The van der Waals surface area contributed by atoms with E-state index in [0.29, 0.717) is 0 Å². The van der Waals surface area contributed by atoms with Crippen LogP contribution in [-0.2, 0) is 11.2 Å². The van der Waals surface area contributed by atoms with E-state index in [-0.39, 0.29) is 11.8 Å². The normalized spacial score (nSPS) is 16.9. The van der Waals surface area contributed by atoms with Crippen molar-refractivity contribution in [2.24, 2.45) is 5.92 Å². The number of hydrogen-bond acceptors (Lipinski definition) is 2. The highest BCUT2D eigenvalue weighted by Crippen LogP contribution is 2.30. The number of halogens is 1. The third-order valence-electron chi connectivity index (χ3n) is 4.88. The summed E-state index contributed by atoms with van der Waals surface area (Å²) in [4.78, 5) is 18.8. The topological polar surface area (TPSA) is 33.2 Å². The molecule has 3 aromatic rings. The molecule has 4 heteroatoms. The molecule has 0 bridgehead atoms. The van der Waals surface area contributed by atoms with E-state index in [0.717, 1.165) is 46.8 Å². The molecular weight excluding hydrogens is 344 g/mol. The highest BCUT2D eigenvalue weighted by Gasteiger charge is 2.32.